The molecule has 2 aromatic rings. The van der Waals surface area contributed by atoms with Crippen LogP contribution in [-0.2, 0) is 12.1 Å². The van der Waals surface area contributed by atoms with Crippen LogP contribution in [0.2, 0.25) is 0 Å². The predicted molar refractivity (Wildman–Crippen MR) is 86.6 cm³/mol. The molecule has 0 fully saturated rings. The van der Waals surface area contributed by atoms with Gasteiger partial charge in [-0.2, -0.15) is 5.10 Å². The molecule has 4 heteroatoms. The summed E-state index contributed by atoms with van der Waals surface area (Å²) in [7, 11) is 0. The molecule has 1 unspecified atom stereocenters. The van der Waals surface area contributed by atoms with Crippen LogP contribution >= 0.6 is 15.9 Å². The van der Waals surface area contributed by atoms with Gasteiger partial charge in [0.25, 0.3) is 0 Å². The Kier molecular flexibility index (Phi) is 4.66. The zero-order chi connectivity index (χ0) is 14.8. The SMILES string of the molecule is CC(NCc1cnn(C(C)(C)C)c1)c1cccc(Br)c1. The number of halogens is 1. The molecule has 0 aliphatic rings. The summed E-state index contributed by atoms with van der Waals surface area (Å²) in [5.74, 6) is 0. The number of nitrogens with one attached hydrogen (secondary N) is 1. The number of rotatable bonds is 4. The molecular weight excluding hydrogens is 314 g/mol. The zero-order valence-corrected chi connectivity index (χ0v) is 14.1. The summed E-state index contributed by atoms with van der Waals surface area (Å²) in [6.45, 7) is 9.46. The molecule has 0 radical (unpaired) electrons. The smallest absolute Gasteiger partial charge is 0.0543 e. The lowest BCUT2D eigenvalue weighted by atomic mass is 10.1. The molecule has 0 aliphatic heterocycles. The highest BCUT2D eigenvalue weighted by Crippen LogP contribution is 2.18. The second-order valence-corrected chi connectivity index (χ2v) is 7.04. The molecular formula is C16H22BrN3. The van der Waals surface area contributed by atoms with Crippen LogP contribution in [0.25, 0.3) is 0 Å². The Bertz CT molecular complexity index is 569. The van der Waals surface area contributed by atoms with E-state index in [4.69, 9.17) is 0 Å². The van der Waals surface area contributed by atoms with E-state index in [1.807, 2.05) is 16.9 Å². The molecule has 3 nitrogen and oxygen atoms in total. The fourth-order valence-corrected chi connectivity index (χ4v) is 2.40. The summed E-state index contributed by atoms with van der Waals surface area (Å²) in [5, 5.41) is 7.95. The van der Waals surface area contributed by atoms with Crippen molar-refractivity contribution < 1.29 is 0 Å². The number of hydrogen-bond acceptors (Lipinski definition) is 2. The quantitative estimate of drug-likeness (QED) is 0.904. The van der Waals surface area contributed by atoms with Crippen LogP contribution in [0.15, 0.2) is 41.1 Å². The molecule has 1 aromatic heterocycles. The molecule has 1 heterocycles. The van der Waals surface area contributed by atoms with Crippen LogP contribution in [0.4, 0.5) is 0 Å². The Labute approximate surface area is 129 Å². The van der Waals surface area contributed by atoms with Crippen LogP contribution in [0, 0.1) is 0 Å². The number of benzene rings is 1. The third kappa shape index (κ3) is 3.93. The molecule has 0 saturated heterocycles. The molecule has 0 saturated carbocycles. The maximum atomic E-state index is 4.42. The third-order valence-electron chi connectivity index (χ3n) is 3.28. The van der Waals surface area contributed by atoms with E-state index in [9.17, 15) is 0 Å². The lowest BCUT2D eigenvalue weighted by molar-refractivity contribution is 0.355. The lowest BCUT2D eigenvalue weighted by Crippen LogP contribution is -2.22. The molecule has 1 aromatic carbocycles. The van der Waals surface area contributed by atoms with Gasteiger partial charge in [-0.15, -0.1) is 0 Å². The van der Waals surface area contributed by atoms with Crippen LogP contribution in [0.5, 0.6) is 0 Å². The van der Waals surface area contributed by atoms with E-state index in [0.717, 1.165) is 11.0 Å². The van der Waals surface area contributed by atoms with Gasteiger partial charge in [0.15, 0.2) is 0 Å². The summed E-state index contributed by atoms with van der Waals surface area (Å²) in [6, 6.07) is 8.71. The van der Waals surface area contributed by atoms with Crippen molar-refractivity contribution in [3.8, 4) is 0 Å². The van der Waals surface area contributed by atoms with Gasteiger partial charge >= 0.3 is 0 Å². The maximum Gasteiger partial charge on any atom is 0.0543 e. The molecule has 20 heavy (non-hydrogen) atoms. The van der Waals surface area contributed by atoms with Crippen molar-refractivity contribution in [1.82, 2.24) is 15.1 Å². The average molecular weight is 336 g/mol. The van der Waals surface area contributed by atoms with Crippen LogP contribution in [0.3, 0.4) is 0 Å². The number of aromatic nitrogens is 2. The van der Waals surface area contributed by atoms with Crippen molar-refractivity contribution in [1.29, 1.82) is 0 Å². The first-order chi connectivity index (χ1) is 9.36. The zero-order valence-electron chi connectivity index (χ0n) is 12.5. The summed E-state index contributed by atoms with van der Waals surface area (Å²) >= 11 is 3.51. The second-order valence-electron chi connectivity index (χ2n) is 6.12. The van der Waals surface area contributed by atoms with Gasteiger partial charge in [0.1, 0.15) is 0 Å². The summed E-state index contributed by atoms with van der Waals surface area (Å²) in [6.07, 6.45) is 4.05. The second kappa shape index (κ2) is 6.10. The van der Waals surface area contributed by atoms with Gasteiger partial charge in [-0.05, 0) is 45.4 Å². The van der Waals surface area contributed by atoms with Gasteiger partial charge in [-0.1, -0.05) is 28.1 Å². The van der Waals surface area contributed by atoms with Gasteiger partial charge < -0.3 is 5.32 Å². The van der Waals surface area contributed by atoms with Gasteiger partial charge in [0.05, 0.1) is 11.7 Å². The lowest BCUT2D eigenvalue weighted by Gasteiger charge is -2.18. The average Bonchev–Trinajstić information content (AvgIpc) is 2.84. The summed E-state index contributed by atoms with van der Waals surface area (Å²) in [4.78, 5) is 0. The van der Waals surface area contributed by atoms with Crippen molar-refractivity contribution >= 4 is 15.9 Å². The standard InChI is InChI=1S/C16H22BrN3/c1-12(14-6-5-7-15(17)8-14)18-9-13-10-19-20(11-13)16(2,3)4/h5-8,10-12,18H,9H2,1-4H3. The van der Waals surface area contributed by atoms with E-state index in [1.54, 1.807) is 0 Å². The fourth-order valence-electron chi connectivity index (χ4n) is 1.98. The Balaban J connectivity index is 1.97. The maximum absolute atomic E-state index is 4.42. The number of hydrogen-bond donors (Lipinski definition) is 1. The Morgan fingerprint density at radius 1 is 1.35 bits per heavy atom. The molecule has 0 amide bonds. The normalized spacial score (nSPS) is 13.4. The van der Waals surface area contributed by atoms with E-state index < -0.39 is 0 Å². The molecule has 2 rings (SSSR count). The van der Waals surface area contributed by atoms with Crippen LogP contribution < -0.4 is 5.32 Å². The molecule has 0 bridgehead atoms. The van der Waals surface area contributed by atoms with Crippen molar-refractivity contribution in [3.63, 3.8) is 0 Å². The fraction of sp³-hybridized carbons (Fsp3) is 0.438. The molecule has 108 valence electrons. The predicted octanol–water partition coefficient (Wildman–Crippen LogP) is 4.25. The molecule has 1 N–H and O–H groups in total. The first-order valence-electron chi connectivity index (χ1n) is 6.89. The van der Waals surface area contributed by atoms with E-state index in [-0.39, 0.29) is 5.54 Å². The van der Waals surface area contributed by atoms with E-state index in [0.29, 0.717) is 6.04 Å². The Hall–Kier alpha value is -1.13. The van der Waals surface area contributed by atoms with E-state index in [1.165, 1.54) is 11.1 Å². The highest BCUT2D eigenvalue weighted by Gasteiger charge is 2.14. The van der Waals surface area contributed by atoms with Crippen molar-refractivity contribution in [2.75, 3.05) is 0 Å². The first kappa shape index (κ1) is 15.3. The highest BCUT2D eigenvalue weighted by atomic mass is 79.9. The summed E-state index contributed by atoms with van der Waals surface area (Å²) < 4.78 is 3.12. The van der Waals surface area contributed by atoms with Crippen molar-refractivity contribution in [2.45, 2.75) is 45.8 Å². The topological polar surface area (TPSA) is 29.9 Å². The van der Waals surface area contributed by atoms with Crippen LogP contribution in [0.1, 0.15) is 44.9 Å². The largest absolute Gasteiger partial charge is 0.306 e. The molecule has 1 atom stereocenters. The van der Waals surface area contributed by atoms with Gasteiger partial charge in [0, 0.05) is 28.8 Å². The van der Waals surface area contributed by atoms with Gasteiger partial charge in [-0.3, -0.25) is 4.68 Å². The minimum atomic E-state index is 0.0359. The molecule has 0 aliphatic carbocycles. The Morgan fingerprint density at radius 3 is 2.70 bits per heavy atom. The molecule has 0 spiro atoms. The third-order valence-corrected chi connectivity index (χ3v) is 3.78. The highest BCUT2D eigenvalue weighted by molar-refractivity contribution is 9.10. The van der Waals surface area contributed by atoms with Crippen molar-refractivity contribution in [2.24, 2.45) is 0 Å². The van der Waals surface area contributed by atoms with Gasteiger partial charge in [0.2, 0.25) is 0 Å². The van der Waals surface area contributed by atoms with E-state index >= 15 is 0 Å². The summed E-state index contributed by atoms with van der Waals surface area (Å²) in [5.41, 5.74) is 2.53. The van der Waals surface area contributed by atoms with Crippen LogP contribution in [-0.4, -0.2) is 9.78 Å². The minimum Gasteiger partial charge on any atom is -0.306 e. The number of nitrogens with zero attached hydrogens (tertiary/aromatic N) is 2. The Morgan fingerprint density at radius 2 is 2.10 bits per heavy atom. The van der Waals surface area contributed by atoms with Crippen molar-refractivity contribution in [3.05, 3.63) is 52.3 Å². The van der Waals surface area contributed by atoms with E-state index in [2.05, 4.69) is 78.4 Å². The minimum absolute atomic E-state index is 0.0359. The monoisotopic (exact) mass is 335 g/mol. The first-order valence-corrected chi connectivity index (χ1v) is 7.68. The van der Waals surface area contributed by atoms with Gasteiger partial charge in [-0.25, -0.2) is 0 Å².